The summed E-state index contributed by atoms with van der Waals surface area (Å²) in [6.45, 7) is 3.55. The fourth-order valence-electron chi connectivity index (χ4n) is 4.80. The van der Waals surface area contributed by atoms with Gasteiger partial charge in [-0.2, -0.15) is 0 Å². The van der Waals surface area contributed by atoms with Crippen LogP contribution in [0.1, 0.15) is 43.0 Å². The smallest absolute Gasteiger partial charge is 0.262 e. The van der Waals surface area contributed by atoms with E-state index in [4.69, 9.17) is 0 Å². The molecule has 5 rings (SSSR count). The first-order valence-corrected chi connectivity index (χ1v) is 16.0. The molecule has 0 saturated heterocycles. The minimum absolute atomic E-state index is 0.0517. The van der Waals surface area contributed by atoms with Crippen LogP contribution >= 0.6 is 0 Å². The lowest BCUT2D eigenvalue weighted by molar-refractivity contribution is 0.0980. The molecule has 2 N–H and O–H groups in total. The van der Waals surface area contributed by atoms with Gasteiger partial charge in [0.05, 0.1) is 43.7 Å². The summed E-state index contributed by atoms with van der Waals surface area (Å²) in [6.07, 6.45) is 0. The quantitative estimate of drug-likeness (QED) is 0.298. The van der Waals surface area contributed by atoms with Crippen LogP contribution < -0.4 is 10.6 Å². The van der Waals surface area contributed by atoms with Gasteiger partial charge in [0.15, 0.2) is 11.6 Å². The molecule has 4 aromatic rings. The molecule has 200 valence electrons. The largest absolute Gasteiger partial charge is 0.354 e. The van der Waals surface area contributed by atoms with Crippen LogP contribution in [0.2, 0.25) is 0 Å². The first-order chi connectivity index (χ1) is 18.8. The van der Waals surface area contributed by atoms with Gasteiger partial charge >= 0.3 is 0 Å². The Morgan fingerprint density at radius 3 is 1.25 bits per heavy atom. The van der Waals surface area contributed by atoms with Gasteiger partial charge in [-0.1, -0.05) is 36.4 Å². The average molecular weight is 570 g/mol. The minimum Gasteiger partial charge on any atom is -0.354 e. The van der Waals surface area contributed by atoms with E-state index in [1.165, 1.54) is 12.1 Å². The molecule has 0 bridgehead atoms. The van der Waals surface area contributed by atoms with Gasteiger partial charge < -0.3 is 10.6 Å². The number of ketones is 2. The number of carbonyl (C=O) groups excluding carboxylic acids is 2. The highest BCUT2D eigenvalue weighted by molar-refractivity contribution is 8.12. The zero-order chi connectivity index (χ0) is 29.0. The monoisotopic (exact) mass is 570 g/mol. The summed E-state index contributed by atoms with van der Waals surface area (Å²) in [4.78, 5) is 27.8. The van der Waals surface area contributed by atoms with E-state index in [0.29, 0.717) is 0 Å². The molecule has 0 heterocycles. The second-order valence-corrected chi connectivity index (χ2v) is 13.9. The van der Waals surface area contributed by atoms with E-state index in [9.17, 15) is 26.4 Å². The van der Waals surface area contributed by atoms with Crippen LogP contribution in [0, 0.1) is 13.8 Å². The Morgan fingerprint density at radius 1 is 0.550 bits per heavy atom. The fraction of sp³-hybridized carbons (Fsp3) is 0.0714. The maximum absolute atomic E-state index is 13.8. The molecule has 1 aliphatic rings. The van der Waals surface area contributed by atoms with Crippen LogP contribution in [-0.2, 0) is 19.4 Å². The molecule has 0 atom stereocenters. The van der Waals surface area contributed by atoms with Crippen molar-refractivity contribution in [3.8, 4) is 0 Å². The summed E-state index contributed by atoms with van der Waals surface area (Å²) >= 11 is 0. The van der Waals surface area contributed by atoms with E-state index in [1.807, 2.05) is 0 Å². The third-order valence-corrected chi connectivity index (χ3v) is 8.96. The van der Waals surface area contributed by atoms with Crippen LogP contribution in [0.15, 0.2) is 82.6 Å². The molecule has 12 heteroatoms. The van der Waals surface area contributed by atoms with Gasteiger partial charge in [0.2, 0.25) is 0 Å². The van der Waals surface area contributed by atoms with E-state index in [1.54, 1.807) is 74.5 Å². The molecular weight excluding hydrogens is 546 g/mol. The Bertz CT molecular complexity index is 1830. The standard InChI is InChI=1S/C28H24B2N2O6S2/c1-15-7-9-19(23(13-15)39(29,35)36)31-21-11-12-22(32-20-10-8-16(2)14-24(20)40(30,37)38)26-25(21)27(33)17-5-3-4-6-18(17)28(26)34/h3-14,31-32H,29-30H2,1-2H3. The van der Waals surface area contributed by atoms with Crippen LogP contribution in [0.25, 0.3) is 0 Å². The molecule has 0 unspecified atom stereocenters. The average Bonchev–Trinajstić information content (AvgIpc) is 2.88. The van der Waals surface area contributed by atoms with E-state index in [-0.39, 0.29) is 54.8 Å². The van der Waals surface area contributed by atoms with Crippen molar-refractivity contribution >= 4 is 67.9 Å². The topological polar surface area (TPSA) is 126 Å². The lowest BCUT2D eigenvalue weighted by Gasteiger charge is -2.25. The predicted molar refractivity (Wildman–Crippen MR) is 160 cm³/mol. The van der Waals surface area contributed by atoms with Crippen LogP contribution in [0.5, 0.6) is 0 Å². The third kappa shape index (κ3) is 4.96. The zero-order valence-corrected chi connectivity index (χ0v) is 23.8. The van der Waals surface area contributed by atoms with Crippen molar-refractivity contribution in [1.82, 2.24) is 0 Å². The van der Waals surface area contributed by atoms with Gasteiger partial charge in [0.1, 0.15) is 19.4 Å². The van der Waals surface area contributed by atoms with E-state index in [2.05, 4.69) is 10.6 Å². The molecule has 4 aromatic carbocycles. The number of nitrogens with one attached hydrogen (secondary N) is 2. The minimum atomic E-state index is -3.63. The molecular formula is C28H24B2N2O6S2. The molecule has 0 radical (unpaired) electrons. The highest BCUT2D eigenvalue weighted by Gasteiger charge is 2.34. The van der Waals surface area contributed by atoms with Gasteiger partial charge in [-0.3, -0.25) is 9.59 Å². The zero-order valence-electron chi connectivity index (χ0n) is 22.2. The highest BCUT2D eigenvalue weighted by Crippen LogP contribution is 2.40. The van der Waals surface area contributed by atoms with Gasteiger partial charge in [-0.15, -0.1) is 0 Å². The van der Waals surface area contributed by atoms with Crippen molar-refractivity contribution in [2.24, 2.45) is 0 Å². The van der Waals surface area contributed by atoms with Crippen molar-refractivity contribution in [2.45, 2.75) is 23.6 Å². The molecule has 40 heavy (non-hydrogen) atoms. The van der Waals surface area contributed by atoms with Gasteiger partial charge in [-0.05, 0) is 61.4 Å². The summed E-state index contributed by atoms with van der Waals surface area (Å²) in [5.74, 6) is -0.840. The second kappa shape index (κ2) is 9.79. The van der Waals surface area contributed by atoms with Crippen molar-refractivity contribution in [3.05, 3.63) is 106 Å². The van der Waals surface area contributed by atoms with E-state index < -0.39 is 30.9 Å². The van der Waals surface area contributed by atoms with Crippen molar-refractivity contribution < 1.29 is 26.4 Å². The Balaban J connectivity index is 1.73. The SMILES string of the molecule is BS(=O)(=O)c1cc(C)ccc1Nc1ccc(Nc2ccc(C)cc2S(B)(=O)=O)c2c1C(=O)c1ccccc1C2=O. The summed E-state index contributed by atoms with van der Waals surface area (Å²) < 4.78 is 50.2. The molecule has 0 spiro atoms. The Kier molecular flexibility index (Phi) is 6.71. The number of hydrogen-bond acceptors (Lipinski definition) is 8. The van der Waals surface area contributed by atoms with Crippen LogP contribution in [-0.4, -0.2) is 42.7 Å². The number of aryl methyl sites for hydroxylation is 2. The van der Waals surface area contributed by atoms with Crippen LogP contribution in [0.4, 0.5) is 22.7 Å². The molecule has 0 aromatic heterocycles. The second-order valence-electron chi connectivity index (χ2n) is 9.91. The lowest BCUT2D eigenvalue weighted by Crippen LogP contribution is -2.23. The van der Waals surface area contributed by atoms with Crippen molar-refractivity contribution in [1.29, 1.82) is 0 Å². The molecule has 0 aliphatic heterocycles. The van der Waals surface area contributed by atoms with Crippen molar-refractivity contribution in [2.75, 3.05) is 10.6 Å². The Morgan fingerprint density at radius 2 is 0.900 bits per heavy atom. The predicted octanol–water partition coefficient (Wildman–Crippen LogP) is 3.21. The fourth-order valence-corrected chi connectivity index (χ4v) is 6.64. The molecule has 0 saturated carbocycles. The van der Waals surface area contributed by atoms with Gasteiger partial charge in [0.25, 0.3) is 14.2 Å². The van der Waals surface area contributed by atoms with E-state index in [0.717, 1.165) is 25.4 Å². The summed E-state index contributed by atoms with van der Waals surface area (Å²) in [5.41, 5.74) is 3.05. The first-order valence-electron chi connectivity index (χ1n) is 12.3. The molecule has 8 nitrogen and oxygen atoms in total. The van der Waals surface area contributed by atoms with Crippen LogP contribution in [0.3, 0.4) is 0 Å². The Hall–Kier alpha value is -4.15. The maximum Gasteiger partial charge on any atom is 0.262 e. The molecule has 0 amide bonds. The summed E-state index contributed by atoms with van der Waals surface area (Å²) in [6, 6.07) is 19.4. The highest BCUT2D eigenvalue weighted by atomic mass is 32.2. The number of rotatable bonds is 6. The summed E-state index contributed by atoms with van der Waals surface area (Å²) in [7, 11) is -5.05. The first kappa shape index (κ1) is 27.4. The van der Waals surface area contributed by atoms with E-state index >= 15 is 0 Å². The van der Waals surface area contributed by atoms with Crippen molar-refractivity contribution in [3.63, 3.8) is 0 Å². The van der Waals surface area contributed by atoms with Gasteiger partial charge in [0, 0.05) is 11.1 Å². The summed E-state index contributed by atoms with van der Waals surface area (Å²) in [5, 5.41) is 6.15. The lowest BCUT2D eigenvalue weighted by atomic mass is 9.82. The number of benzene rings is 4. The number of anilines is 4. The third-order valence-electron chi connectivity index (χ3n) is 6.69. The normalized spacial score (nSPS) is 12.9. The molecule has 0 fully saturated rings. The number of fused-ring (bicyclic) bond motifs is 2. The maximum atomic E-state index is 13.8. The Labute approximate surface area is 234 Å². The number of hydrogen-bond donors (Lipinski definition) is 2. The number of carbonyl (C=O) groups is 2. The molecule has 1 aliphatic carbocycles. The van der Waals surface area contributed by atoms with Gasteiger partial charge in [-0.25, -0.2) is 16.8 Å².